The number of nitrogens with one attached hydrogen (secondary N) is 1. The lowest BCUT2D eigenvalue weighted by molar-refractivity contribution is -0.155. The number of carbonyl (C=O) groups excluding carboxylic acids is 1. The van der Waals surface area contributed by atoms with Crippen molar-refractivity contribution in [1.82, 2.24) is 5.32 Å². The number of alkyl halides is 1. The van der Waals surface area contributed by atoms with E-state index in [4.69, 9.17) is 0 Å². The van der Waals surface area contributed by atoms with E-state index in [9.17, 15) is 4.79 Å². The van der Waals surface area contributed by atoms with Crippen molar-refractivity contribution in [3.63, 3.8) is 0 Å². The van der Waals surface area contributed by atoms with E-state index in [1.807, 2.05) is 0 Å². The quantitative estimate of drug-likeness (QED) is 0.797. The highest BCUT2D eigenvalue weighted by Gasteiger charge is 2.58. The van der Waals surface area contributed by atoms with E-state index in [2.05, 4.69) is 28.2 Å². The van der Waals surface area contributed by atoms with Gasteiger partial charge in [0.25, 0.3) is 0 Å². The molecule has 4 rings (SSSR count). The van der Waals surface area contributed by atoms with Gasteiger partial charge < -0.3 is 5.32 Å². The number of carbonyl (C=O) groups is 1. The highest BCUT2D eigenvalue weighted by molar-refractivity contribution is 9.09. The van der Waals surface area contributed by atoms with Crippen LogP contribution in [-0.2, 0) is 4.79 Å². The Morgan fingerprint density at radius 3 is 2.47 bits per heavy atom. The third-order valence-corrected chi connectivity index (χ3v) is 5.61. The summed E-state index contributed by atoms with van der Waals surface area (Å²) >= 11 is 3.38. The van der Waals surface area contributed by atoms with Crippen molar-refractivity contribution < 1.29 is 4.79 Å². The smallest absolute Gasteiger partial charge is 0.226 e. The third kappa shape index (κ3) is 1.94. The molecule has 4 fully saturated rings. The zero-order chi connectivity index (χ0) is 12.1. The van der Waals surface area contributed by atoms with Gasteiger partial charge in [0.05, 0.1) is 5.41 Å². The molecule has 0 aromatic carbocycles. The SMILES string of the molecule is CC12CC3CC(C1)CC(C(=O)NCCBr)(C3)C2. The first-order valence-corrected chi connectivity index (χ1v) is 8.02. The maximum absolute atomic E-state index is 12.5. The molecule has 1 N–H and O–H groups in total. The van der Waals surface area contributed by atoms with Crippen LogP contribution in [0.25, 0.3) is 0 Å². The summed E-state index contributed by atoms with van der Waals surface area (Å²) in [6.07, 6.45) is 7.60. The summed E-state index contributed by atoms with van der Waals surface area (Å²) < 4.78 is 0. The number of amides is 1. The van der Waals surface area contributed by atoms with Crippen molar-refractivity contribution >= 4 is 21.8 Å². The molecule has 0 aliphatic heterocycles. The van der Waals surface area contributed by atoms with Gasteiger partial charge in [-0.1, -0.05) is 22.9 Å². The van der Waals surface area contributed by atoms with E-state index < -0.39 is 0 Å². The fourth-order valence-corrected chi connectivity index (χ4v) is 5.53. The van der Waals surface area contributed by atoms with E-state index in [1.54, 1.807) is 0 Å². The Bertz CT molecular complexity index is 327. The lowest BCUT2D eigenvalue weighted by Crippen LogP contribution is -2.56. The van der Waals surface area contributed by atoms with Crippen molar-refractivity contribution in [2.75, 3.05) is 11.9 Å². The van der Waals surface area contributed by atoms with Gasteiger partial charge in [0.1, 0.15) is 0 Å². The highest BCUT2D eigenvalue weighted by atomic mass is 79.9. The van der Waals surface area contributed by atoms with E-state index in [-0.39, 0.29) is 5.41 Å². The molecule has 0 saturated heterocycles. The van der Waals surface area contributed by atoms with Crippen LogP contribution < -0.4 is 5.32 Å². The molecular formula is C14H22BrNO. The fraction of sp³-hybridized carbons (Fsp3) is 0.929. The van der Waals surface area contributed by atoms with Gasteiger partial charge in [-0.2, -0.15) is 0 Å². The first kappa shape index (κ1) is 12.0. The van der Waals surface area contributed by atoms with Crippen molar-refractivity contribution in [2.24, 2.45) is 22.7 Å². The van der Waals surface area contributed by atoms with Crippen LogP contribution in [0.5, 0.6) is 0 Å². The molecule has 0 heterocycles. The standard InChI is InChI=1S/C14H22BrNO/c1-13-5-10-4-11(6-13)8-14(7-10,9-13)12(17)16-3-2-15/h10-11H,2-9H2,1H3,(H,16,17). The second-order valence-corrected chi connectivity index (χ2v) is 7.79. The van der Waals surface area contributed by atoms with Crippen molar-refractivity contribution in [3.05, 3.63) is 0 Å². The average Bonchev–Trinajstić information content (AvgIpc) is 2.22. The molecule has 17 heavy (non-hydrogen) atoms. The van der Waals surface area contributed by atoms with Crippen LogP contribution in [0.15, 0.2) is 0 Å². The Balaban J connectivity index is 1.81. The molecule has 0 spiro atoms. The summed E-state index contributed by atoms with van der Waals surface area (Å²) in [5, 5.41) is 3.98. The Labute approximate surface area is 112 Å². The maximum Gasteiger partial charge on any atom is 0.226 e. The first-order valence-electron chi connectivity index (χ1n) is 6.90. The Hall–Kier alpha value is -0.0500. The number of halogens is 1. The Morgan fingerprint density at radius 1 is 1.29 bits per heavy atom. The van der Waals surface area contributed by atoms with Gasteiger partial charge >= 0.3 is 0 Å². The summed E-state index contributed by atoms with van der Waals surface area (Å²) in [7, 11) is 0. The van der Waals surface area contributed by atoms with Gasteiger partial charge in [0.2, 0.25) is 5.91 Å². The minimum Gasteiger partial charge on any atom is -0.355 e. The molecular weight excluding hydrogens is 278 g/mol. The zero-order valence-corrected chi connectivity index (χ0v) is 12.2. The molecule has 2 unspecified atom stereocenters. The molecule has 0 aromatic heterocycles. The molecule has 4 aliphatic rings. The maximum atomic E-state index is 12.5. The predicted molar refractivity (Wildman–Crippen MR) is 72.0 cm³/mol. The van der Waals surface area contributed by atoms with Crippen molar-refractivity contribution in [3.8, 4) is 0 Å². The molecule has 4 bridgehead atoms. The van der Waals surface area contributed by atoms with Gasteiger partial charge in [0.15, 0.2) is 0 Å². The summed E-state index contributed by atoms with van der Waals surface area (Å²) in [4.78, 5) is 12.5. The van der Waals surface area contributed by atoms with Crippen LogP contribution in [0.4, 0.5) is 0 Å². The van der Waals surface area contributed by atoms with Crippen molar-refractivity contribution in [1.29, 1.82) is 0 Å². The predicted octanol–water partition coefficient (Wildman–Crippen LogP) is 3.10. The molecule has 0 radical (unpaired) electrons. The van der Waals surface area contributed by atoms with Gasteiger partial charge in [-0.3, -0.25) is 4.79 Å². The van der Waals surface area contributed by atoms with E-state index >= 15 is 0 Å². The second-order valence-electron chi connectivity index (χ2n) is 7.00. The van der Waals surface area contributed by atoms with Gasteiger partial charge in [-0.15, -0.1) is 0 Å². The van der Waals surface area contributed by atoms with Gasteiger partial charge in [0, 0.05) is 11.9 Å². The largest absolute Gasteiger partial charge is 0.355 e. The summed E-state index contributed by atoms with van der Waals surface area (Å²) in [6.45, 7) is 3.18. The minimum absolute atomic E-state index is 0.000995. The van der Waals surface area contributed by atoms with Crippen LogP contribution in [0.1, 0.15) is 45.4 Å². The van der Waals surface area contributed by atoms with E-state index in [1.165, 1.54) is 19.3 Å². The van der Waals surface area contributed by atoms with Crippen LogP contribution >= 0.6 is 15.9 Å². The Kier molecular flexibility index (Phi) is 2.81. The molecule has 96 valence electrons. The van der Waals surface area contributed by atoms with Crippen LogP contribution in [0.3, 0.4) is 0 Å². The lowest BCUT2D eigenvalue weighted by atomic mass is 9.44. The van der Waals surface area contributed by atoms with Crippen LogP contribution in [-0.4, -0.2) is 17.8 Å². The third-order valence-electron chi connectivity index (χ3n) is 5.22. The normalized spacial score (nSPS) is 47.2. The number of hydrogen-bond donors (Lipinski definition) is 1. The first-order chi connectivity index (χ1) is 8.05. The van der Waals surface area contributed by atoms with Crippen LogP contribution in [0.2, 0.25) is 0 Å². The van der Waals surface area contributed by atoms with Gasteiger partial charge in [-0.25, -0.2) is 0 Å². The zero-order valence-electron chi connectivity index (χ0n) is 10.6. The topological polar surface area (TPSA) is 29.1 Å². The average molecular weight is 300 g/mol. The molecule has 4 saturated carbocycles. The molecule has 2 nitrogen and oxygen atoms in total. The molecule has 2 atom stereocenters. The highest BCUT2D eigenvalue weighted by Crippen LogP contribution is 2.65. The second kappa shape index (κ2) is 3.97. The molecule has 3 heteroatoms. The van der Waals surface area contributed by atoms with Crippen molar-refractivity contribution in [2.45, 2.75) is 45.4 Å². The summed E-state index contributed by atoms with van der Waals surface area (Å²) in [5.41, 5.74) is 0.469. The molecule has 4 aliphatic carbocycles. The minimum atomic E-state index is 0.000995. The number of rotatable bonds is 3. The summed E-state index contributed by atoms with van der Waals surface area (Å²) in [5.74, 6) is 2.00. The Morgan fingerprint density at radius 2 is 1.94 bits per heavy atom. The fourth-order valence-electron chi connectivity index (χ4n) is 5.33. The van der Waals surface area contributed by atoms with E-state index in [0.717, 1.165) is 43.0 Å². The number of hydrogen-bond acceptors (Lipinski definition) is 1. The molecule has 0 aromatic rings. The monoisotopic (exact) mass is 299 g/mol. The summed E-state index contributed by atoms with van der Waals surface area (Å²) in [6, 6.07) is 0. The van der Waals surface area contributed by atoms with Crippen LogP contribution in [0, 0.1) is 22.7 Å². The molecule has 1 amide bonds. The lowest BCUT2D eigenvalue weighted by Gasteiger charge is -2.60. The van der Waals surface area contributed by atoms with Gasteiger partial charge in [-0.05, 0) is 55.8 Å². The van der Waals surface area contributed by atoms with E-state index in [0.29, 0.717) is 11.3 Å².